The molecular formula is C14H14O5S. The lowest BCUT2D eigenvalue weighted by molar-refractivity contribution is 0.258. The zero-order chi connectivity index (χ0) is 14.6. The summed E-state index contributed by atoms with van der Waals surface area (Å²) in [4.78, 5) is -0.266. The van der Waals surface area contributed by atoms with Crippen LogP contribution in [0.1, 0.15) is 11.1 Å². The molecule has 0 amide bonds. The molecule has 0 aromatic heterocycles. The van der Waals surface area contributed by atoms with Gasteiger partial charge >= 0.3 is 0 Å². The minimum atomic E-state index is -4.29. The molecule has 0 radical (unpaired) electrons. The SMILES string of the molecule is O=S(=O)(O)c1ccc(CO)c(OCc2ccccc2)c1. The highest BCUT2D eigenvalue weighted by atomic mass is 32.2. The molecule has 5 nitrogen and oxygen atoms in total. The molecule has 2 N–H and O–H groups in total. The van der Waals surface area contributed by atoms with Gasteiger partial charge in [0.25, 0.3) is 10.1 Å². The molecule has 2 aromatic carbocycles. The molecule has 20 heavy (non-hydrogen) atoms. The normalized spacial score (nSPS) is 11.3. The van der Waals surface area contributed by atoms with Gasteiger partial charge in [-0.1, -0.05) is 36.4 Å². The van der Waals surface area contributed by atoms with Crippen molar-refractivity contribution in [3.05, 3.63) is 59.7 Å². The van der Waals surface area contributed by atoms with E-state index in [0.29, 0.717) is 5.56 Å². The van der Waals surface area contributed by atoms with E-state index >= 15 is 0 Å². The second-order valence-corrected chi connectivity index (χ2v) is 5.60. The molecule has 0 bridgehead atoms. The van der Waals surface area contributed by atoms with E-state index in [2.05, 4.69) is 0 Å². The van der Waals surface area contributed by atoms with E-state index in [1.807, 2.05) is 30.3 Å². The first kappa shape index (κ1) is 14.5. The Morgan fingerprint density at radius 3 is 2.35 bits per heavy atom. The molecule has 0 unspecified atom stereocenters. The number of ether oxygens (including phenoxy) is 1. The second-order valence-electron chi connectivity index (χ2n) is 4.18. The fraction of sp³-hybridized carbons (Fsp3) is 0.143. The zero-order valence-electron chi connectivity index (χ0n) is 10.6. The summed E-state index contributed by atoms with van der Waals surface area (Å²) in [5.74, 6) is 0.228. The third kappa shape index (κ3) is 3.57. The minimum Gasteiger partial charge on any atom is -0.488 e. The summed E-state index contributed by atoms with van der Waals surface area (Å²) in [5.41, 5.74) is 1.36. The molecule has 106 valence electrons. The van der Waals surface area contributed by atoms with E-state index < -0.39 is 10.1 Å². The Morgan fingerprint density at radius 2 is 1.75 bits per heavy atom. The van der Waals surface area contributed by atoms with E-state index in [-0.39, 0.29) is 23.9 Å². The molecule has 0 spiro atoms. The molecule has 0 aliphatic carbocycles. The number of aliphatic hydroxyl groups excluding tert-OH is 1. The predicted octanol–water partition coefficient (Wildman–Crippen LogP) is 2.00. The number of hydrogen-bond acceptors (Lipinski definition) is 4. The van der Waals surface area contributed by atoms with Crippen molar-refractivity contribution in [2.45, 2.75) is 18.1 Å². The number of hydrogen-bond donors (Lipinski definition) is 2. The van der Waals surface area contributed by atoms with E-state index in [4.69, 9.17) is 9.29 Å². The van der Waals surface area contributed by atoms with Crippen molar-refractivity contribution in [1.82, 2.24) is 0 Å². The maximum absolute atomic E-state index is 11.1. The van der Waals surface area contributed by atoms with E-state index in [1.54, 1.807) is 0 Å². The van der Waals surface area contributed by atoms with Gasteiger partial charge in [-0.2, -0.15) is 8.42 Å². The fourth-order valence-electron chi connectivity index (χ4n) is 1.70. The lowest BCUT2D eigenvalue weighted by Gasteiger charge is -2.11. The van der Waals surface area contributed by atoms with Gasteiger partial charge in [0.2, 0.25) is 0 Å². The van der Waals surface area contributed by atoms with Crippen LogP contribution in [0.25, 0.3) is 0 Å². The summed E-state index contributed by atoms with van der Waals surface area (Å²) < 4.78 is 36.7. The van der Waals surface area contributed by atoms with Gasteiger partial charge in [0, 0.05) is 11.6 Å². The Hall–Kier alpha value is -1.89. The van der Waals surface area contributed by atoms with Crippen molar-refractivity contribution >= 4 is 10.1 Å². The average Bonchev–Trinajstić information content (AvgIpc) is 2.45. The highest BCUT2D eigenvalue weighted by Gasteiger charge is 2.13. The predicted molar refractivity (Wildman–Crippen MR) is 73.0 cm³/mol. The van der Waals surface area contributed by atoms with E-state index in [1.165, 1.54) is 18.2 Å². The van der Waals surface area contributed by atoms with Gasteiger partial charge in [-0.15, -0.1) is 0 Å². The highest BCUT2D eigenvalue weighted by Crippen LogP contribution is 2.24. The third-order valence-electron chi connectivity index (χ3n) is 2.74. The first-order valence-electron chi connectivity index (χ1n) is 5.88. The summed E-state index contributed by atoms with van der Waals surface area (Å²) in [5, 5.41) is 9.22. The summed E-state index contributed by atoms with van der Waals surface area (Å²) in [6.07, 6.45) is 0. The van der Waals surface area contributed by atoms with Crippen LogP contribution in [0.5, 0.6) is 5.75 Å². The topological polar surface area (TPSA) is 83.8 Å². The van der Waals surface area contributed by atoms with Crippen LogP contribution < -0.4 is 4.74 Å². The van der Waals surface area contributed by atoms with Crippen LogP contribution in [-0.2, 0) is 23.3 Å². The van der Waals surface area contributed by atoms with Gasteiger partial charge in [0.1, 0.15) is 12.4 Å². The van der Waals surface area contributed by atoms with Gasteiger partial charge in [-0.25, -0.2) is 0 Å². The fourth-order valence-corrected chi connectivity index (χ4v) is 2.19. The number of benzene rings is 2. The smallest absolute Gasteiger partial charge is 0.294 e. The Morgan fingerprint density at radius 1 is 1.05 bits per heavy atom. The van der Waals surface area contributed by atoms with Crippen LogP contribution in [0.2, 0.25) is 0 Å². The molecule has 2 aromatic rings. The van der Waals surface area contributed by atoms with Crippen LogP contribution in [0.4, 0.5) is 0 Å². The third-order valence-corrected chi connectivity index (χ3v) is 3.59. The minimum absolute atomic E-state index is 0.228. The number of aliphatic hydroxyl groups is 1. The van der Waals surface area contributed by atoms with Crippen LogP contribution in [0.3, 0.4) is 0 Å². The first-order chi connectivity index (χ1) is 9.50. The average molecular weight is 294 g/mol. The monoisotopic (exact) mass is 294 g/mol. The van der Waals surface area contributed by atoms with Gasteiger partial charge < -0.3 is 9.84 Å². The zero-order valence-corrected chi connectivity index (χ0v) is 11.4. The lowest BCUT2D eigenvalue weighted by atomic mass is 10.2. The Kier molecular flexibility index (Phi) is 4.39. The second kappa shape index (κ2) is 6.04. The molecule has 0 aliphatic rings. The number of rotatable bonds is 5. The Bertz CT molecular complexity index is 680. The van der Waals surface area contributed by atoms with Crippen molar-refractivity contribution in [3.8, 4) is 5.75 Å². The van der Waals surface area contributed by atoms with Crippen molar-refractivity contribution in [2.24, 2.45) is 0 Å². The quantitative estimate of drug-likeness (QED) is 0.824. The molecule has 0 atom stereocenters. The lowest BCUT2D eigenvalue weighted by Crippen LogP contribution is -2.03. The van der Waals surface area contributed by atoms with Crippen LogP contribution in [0.15, 0.2) is 53.4 Å². The summed E-state index contributed by atoms with van der Waals surface area (Å²) in [7, 11) is -4.29. The molecule has 2 rings (SSSR count). The molecule has 6 heteroatoms. The van der Waals surface area contributed by atoms with Gasteiger partial charge in [-0.3, -0.25) is 4.55 Å². The molecule has 0 heterocycles. The van der Waals surface area contributed by atoms with Crippen molar-refractivity contribution in [3.63, 3.8) is 0 Å². The summed E-state index contributed by atoms with van der Waals surface area (Å²) in [6.45, 7) is -0.0430. The van der Waals surface area contributed by atoms with Crippen molar-refractivity contribution in [2.75, 3.05) is 0 Å². The van der Waals surface area contributed by atoms with Gasteiger partial charge in [0.05, 0.1) is 11.5 Å². The molecule has 0 aliphatic heterocycles. The van der Waals surface area contributed by atoms with Crippen molar-refractivity contribution < 1.29 is 22.8 Å². The molecule has 0 saturated carbocycles. The molecule has 0 saturated heterocycles. The summed E-state index contributed by atoms with van der Waals surface area (Å²) in [6, 6.07) is 13.2. The first-order valence-corrected chi connectivity index (χ1v) is 7.32. The van der Waals surface area contributed by atoms with Crippen LogP contribution in [-0.4, -0.2) is 18.1 Å². The summed E-state index contributed by atoms with van der Waals surface area (Å²) >= 11 is 0. The van der Waals surface area contributed by atoms with Crippen LogP contribution in [0, 0.1) is 0 Å². The van der Waals surface area contributed by atoms with E-state index in [9.17, 15) is 13.5 Å². The maximum atomic E-state index is 11.1. The van der Waals surface area contributed by atoms with E-state index in [0.717, 1.165) is 5.56 Å². The van der Waals surface area contributed by atoms with Crippen LogP contribution >= 0.6 is 0 Å². The Balaban J connectivity index is 2.25. The molecule has 0 fully saturated rings. The maximum Gasteiger partial charge on any atom is 0.294 e. The van der Waals surface area contributed by atoms with Gasteiger partial charge in [0.15, 0.2) is 0 Å². The van der Waals surface area contributed by atoms with Gasteiger partial charge in [-0.05, 0) is 11.6 Å². The molecular weight excluding hydrogens is 280 g/mol. The van der Waals surface area contributed by atoms with Crippen molar-refractivity contribution in [1.29, 1.82) is 0 Å². The largest absolute Gasteiger partial charge is 0.488 e. The highest BCUT2D eigenvalue weighted by molar-refractivity contribution is 7.85. The standard InChI is InChI=1S/C14H14O5S/c15-9-12-6-7-13(20(16,17)18)8-14(12)19-10-11-4-2-1-3-5-11/h1-8,15H,9-10H2,(H,16,17,18). The Labute approximate surface area is 117 Å².